The number of carbonyl (C=O) groups excluding carboxylic acids is 1. The number of aryl methyl sites for hydroxylation is 1. The number of nitrogens with one attached hydrogen (secondary N) is 1. The second-order valence-corrected chi connectivity index (χ2v) is 9.84. The first-order valence-corrected chi connectivity index (χ1v) is 10.9. The Bertz CT molecular complexity index is 1070. The van der Waals surface area contributed by atoms with Gasteiger partial charge < -0.3 is 9.88 Å². The quantitative estimate of drug-likeness (QED) is 0.629. The van der Waals surface area contributed by atoms with E-state index in [0.717, 1.165) is 39.0 Å². The van der Waals surface area contributed by atoms with Gasteiger partial charge in [0, 0.05) is 13.6 Å². The zero-order valence-corrected chi connectivity index (χ0v) is 17.2. The van der Waals surface area contributed by atoms with Crippen LogP contribution in [0, 0.1) is 0 Å². The van der Waals surface area contributed by atoms with Crippen LogP contribution in [0.15, 0.2) is 40.6 Å². The Morgan fingerprint density at radius 1 is 1.30 bits per heavy atom. The second kappa shape index (κ2) is 7.97. The van der Waals surface area contributed by atoms with Crippen LogP contribution in [0.25, 0.3) is 11.0 Å². The molecule has 27 heavy (non-hydrogen) atoms. The number of halogens is 1. The van der Waals surface area contributed by atoms with Gasteiger partial charge in [0.2, 0.25) is 5.91 Å². The highest BCUT2D eigenvalue weighted by Gasteiger charge is 2.24. The SMILES string of the molecule is CCn1c(CNC(=O)CN(C)S(=O)(=O)c2ccc(Cl)s2)nc2ccccc21. The minimum absolute atomic E-state index is 0.107. The van der Waals surface area contributed by atoms with Crippen molar-refractivity contribution in [2.24, 2.45) is 0 Å². The molecule has 0 spiro atoms. The number of carbonyl (C=O) groups is 1. The molecule has 0 bridgehead atoms. The number of sulfonamides is 1. The molecule has 0 radical (unpaired) electrons. The first-order chi connectivity index (χ1) is 12.8. The van der Waals surface area contributed by atoms with Gasteiger partial charge in [-0.1, -0.05) is 23.7 Å². The van der Waals surface area contributed by atoms with Gasteiger partial charge in [0.15, 0.2) is 0 Å². The number of nitrogens with zero attached hydrogens (tertiary/aromatic N) is 3. The number of rotatable bonds is 7. The molecule has 1 N–H and O–H groups in total. The molecule has 0 fully saturated rings. The largest absolute Gasteiger partial charge is 0.348 e. The summed E-state index contributed by atoms with van der Waals surface area (Å²) in [6.45, 7) is 2.66. The predicted molar refractivity (Wildman–Crippen MR) is 106 cm³/mol. The summed E-state index contributed by atoms with van der Waals surface area (Å²) in [5.41, 5.74) is 1.86. The van der Waals surface area contributed by atoms with Crippen molar-refractivity contribution in [2.45, 2.75) is 24.2 Å². The number of fused-ring (bicyclic) bond motifs is 1. The number of aromatic nitrogens is 2. The van der Waals surface area contributed by atoms with Gasteiger partial charge in [-0.05, 0) is 31.2 Å². The van der Waals surface area contributed by atoms with E-state index in [0.29, 0.717) is 4.34 Å². The Balaban J connectivity index is 1.66. The maximum Gasteiger partial charge on any atom is 0.252 e. The normalized spacial score (nSPS) is 12.0. The molecule has 0 saturated carbocycles. The Kier molecular flexibility index (Phi) is 5.85. The average molecular weight is 427 g/mol. The third-order valence-corrected chi connectivity index (χ3v) is 7.57. The van der Waals surface area contributed by atoms with Crippen LogP contribution in [0.3, 0.4) is 0 Å². The third kappa shape index (κ3) is 4.16. The smallest absolute Gasteiger partial charge is 0.252 e. The lowest BCUT2D eigenvalue weighted by molar-refractivity contribution is -0.121. The van der Waals surface area contributed by atoms with Crippen molar-refractivity contribution in [3.63, 3.8) is 0 Å². The maximum atomic E-state index is 12.5. The predicted octanol–water partition coefficient (Wildman–Crippen LogP) is 2.71. The number of hydrogen-bond acceptors (Lipinski definition) is 5. The highest BCUT2D eigenvalue weighted by molar-refractivity contribution is 7.91. The van der Waals surface area contributed by atoms with Gasteiger partial charge in [0.1, 0.15) is 10.0 Å². The first-order valence-electron chi connectivity index (χ1n) is 8.25. The van der Waals surface area contributed by atoms with Crippen molar-refractivity contribution < 1.29 is 13.2 Å². The van der Waals surface area contributed by atoms with Crippen molar-refractivity contribution in [3.05, 3.63) is 46.6 Å². The molecule has 7 nitrogen and oxygen atoms in total. The molecule has 2 aromatic heterocycles. The molecule has 1 aromatic carbocycles. The summed E-state index contributed by atoms with van der Waals surface area (Å²) < 4.78 is 28.4. The Hall–Kier alpha value is -1.94. The third-order valence-electron chi connectivity index (χ3n) is 4.07. The lowest BCUT2D eigenvalue weighted by Gasteiger charge is -2.15. The van der Waals surface area contributed by atoms with Gasteiger partial charge in [-0.2, -0.15) is 4.31 Å². The van der Waals surface area contributed by atoms with Crippen molar-refractivity contribution in [2.75, 3.05) is 13.6 Å². The Morgan fingerprint density at radius 2 is 2.04 bits per heavy atom. The molecule has 0 atom stereocenters. The van der Waals surface area contributed by atoms with Crippen LogP contribution in [0.2, 0.25) is 4.34 Å². The van der Waals surface area contributed by atoms with E-state index in [1.165, 1.54) is 19.2 Å². The number of imidazole rings is 1. The first kappa shape index (κ1) is 19.8. The number of likely N-dealkylation sites (N-methyl/N-ethyl adjacent to an activating group) is 1. The van der Waals surface area contributed by atoms with Gasteiger partial charge in [0.05, 0.1) is 28.5 Å². The monoisotopic (exact) mass is 426 g/mol. The van der Waals surface area contributed by atoms with Crippen LogP contribution in [-0.2, 0) is 27.9 Å². The number of amides is 1. The fourth-order valence-electron chi connectivity index (χ4n) is 2.72. The summed E-state index contributed by atoms with van der Waals surface area (Å²) >= 11 is 6.76. The summed E-state index contributed by atoms with van der Waals surface area (Å²) in [7, 11) is -2.38. The van der Waals surface area contributed by atoms with E-state index in [9.17, 15) is 13.2 Å². The molecule has 0 aliphatic carbocycles. The van der Waals surface area contributed by atoms with E-state index in [4.69, 9.17) is 11.6 Å². The van der Waals surface area contributed by atoms with Crippen molar-refractivity contribution >= 4 is 49.9 Å². The van der Waals surface area contributed by atoms with Crippen LogP contribution in [-0.4, -0.2) is 41.8 Å². The minimum Gasteiger partial charge on any atom is -0.348 e. The molecule has 0 aliphatic heterocycles. The fraction of sp³-hybridized carbons (Fsp3) is 0.294. The molecule has 2 heterocycles. The molecule has 0 saturated heterocycles. The molecule has 0 unspecified atom stereocenters. The number of thiophene rings is 1. The van der Waals surface area contributed by atoms with Crippen LogP contribution in [0.5, 0.6) is 0 Å². The van der Waals surface area contributed by atoms with Gasteiger partial charge in [-0.25, -0.2) is 13.4 Å². The van der Waals surface area contributed by atoms with E-state index >= 15 is 0 Å². The maximum absolute atomic E-state index is 12.5. The Labute approximate surface area is 166 Å². The van der Waals surface area contributed by atoms with Gasteiger partial charge in [-0.15, -0.1) is 11.3 Å². The molecule has 10 heteroatoms. The molecule has 144 valence electrons. The van der Waals surface area contributed by atoms with Crippen LogP contribution >= 0.6 is 22.9 Å². The molecular weight excluding hydrogens is 408 g/mol. The zero-order chi connectivity index (χ0) is 19.6. The highest BCUT2D eigenvalue weighted by atomic mass is 35.5. The van der Waals surface area contributed by atoms with Gasteiger partial charge in [-0.3, -0.25) is 4.79 Å². The number of benzene rings is 1. The standard InChI is InChI=1S/C17H19ClN4O3S2/c1-3-22-13-7-5-4-6-12(13)20-15(22)10-19-16(23)11-21(2)27(24,25)17-9-8-14(18)26-17/h4-9H,3,10-11H2,1-2H3,(H,19,23). The van der Waals surface area contributed by atoms with Crippen molar-refractivity contribution in [1.29, 1.82) is 0 Å². The lowest BCUT2D eigenvalue weighted by Crippen LogP contribution is -2.38. The summed E-state index contributed by atoms with van der Waals surface area (Å²) in [6.07, 6.45) is 0. The fourth-order valence-corrected chi connectivity index (χ4v) is 5.54. The molecular formula is C17H19ClN4O3S2. The van der Waals surface area contributed by atoms with Crippen LogP contribution in [0.4, 0.5) is 0 Å². The summed E-state index contributed by atoms with van der Waals surface area (Å²) in [4.78, 5) is 16.8. The van der Waals surface area contributed by atoms with E-state index in [2.05, 4.69) is 10.3 Å². The van der Waals surface area contributed by atoms with Gasteiger partial charge >= 0.3 is 0 Å². The van der Waals surface area contributed by atoms with Crippen molar-refractivity contribution in [1.82, 2.24) is 19.2 Å². The molecule has 3 aromatic rings. The van der Waals surface area contributed by atoms with E-state index in [1.54, 1.807) is 0 Å². The molecule has 0 aliphatic rings. The van der Waals surface area contributed by atoms with Crippen molar-refractivity contribution in [3.8, 4) is 0 Å². The highest BCUT2D eigenvalue weighted by Crippen LogP contribution is 2.27. The lowest BCUT2D eigenvalue weighted by atomic mass is 10.3. The second-order valence-electron chi connectivity index (χ2n) is 5.86. The zero-order valence-electron chi connectivity index (χ0n) is 14.8. The van der Waals surface area contributed by atoms with E-state index < -0.39 is 15.9 Å². The van der Waals surface area contributed by atoms with Crippen LogP contribution in [0.1, 0.15) is 12.7 Å². The van der Waals surface area contributed by atoms with E-state index in [-0.39, 0.29) is 17.3 Å². The average Bonchev–Trinajstić information content (AvgIpc) is 3.23. The number of para-hydroxylation sites is 2. The van der Waals surface area contributed by atoms with Crippen LogP contribution < -0.4 is 5.32 Å². The molecule has 3 rings (SSSR count). The topological polar surface area (TPSA) is 84.3 Å². The van der Waals surface area contributed by atoms with Gasteiger partial charge in [0.25, 0.3) is 10.0 Å². The molecule has 1 amide bonds. The van der Waals surface area contributed by atoms with E-state index in [1.807, 2.05) is 35.8 Å². The summed E-state index contributed by atoms with van der Waals surface area (Å²) in [5.74, 6) is 0.320. The number of hydrogen-bond donors (Lipinski definition) is 1. The Morgan fingerprint density at radius 3 is 2.70 bits per heavy atom. The summed E-state index contributed by atoms with van der Waals surface area (Å²) in [6, 6.07) is 10.7. The summed E-state index contributed by atoms with van der Waals surface area (Å²) in [5, 5.41) is 2.74. The minimum atomic E-state index is -3.74.